The van der Waals surface area contributed by atoms with Crippen molar-refractivity contribution in [2.24, 2.45) is 16.7 Å². The van der Waals surface area contributed by atoms with Crippen LogP contribution in [-0.4, -0.2) is 23.9 Å². The Morgan fingerprint density at radius 2 is 1.61 bits per heavy atom. The van der Waals surface area contributed by atoms with E-state index in [0.29, 0.717) is 5.92 Å². The fraction of sp³-hybridized carbons (Fsp3) is 0.857. The minimum atomic E-state index is -0.0140. The second kappa shape index (κ2) is 3.97. The van der Waals surface area contributed by atoms with Crippen LogP contribution in [0.4, 0.5) is 0 Å². The molecular weight excluding hydrogens is 228 g/mol. The Hall–Kier alpha value is -1.06. The Bertz CT molecular complexity index is 391. The van der Waals surface area contributed by atoms with Crippen molar-refractivity contribution in [3.05, 3.63) is 0 Å². The lowest BCUT2D eigenvalue weighted by molar-refractivity contribution is -0.123. The van der Waals surface area contributed by atoms with E-state index < -0.39 is 0 Å². The van der Waals surface area contributed by atoms with Crippen molar-refractivity contribution in [1.82, 2.24) is 10.6 Å². The Morgan fingerprint density at radius 1 is 1.06 bits per heavy atom. The van der Waals surface area contributed by atoms with E-state index in [1.165, 1.54) is 0 Å². The predicted molar refractivity (Wildman–Crippen MR) is 69.8 cm³/mol. The van der Waals surface area contributed by atoms with E-state index in [9.17, 15) is 9.59 Å². The molecule has 4 heteroatoms. The summed E-state index contributed by atoms with van der Waals surface area (Å²) in [6.07, 6.45) is 2.25. The van der Waals surface area contributed by atoms with Gasteiger partial charge in [0.15, 0.2) is 0 Å². The topological polar surface area (TPSA) is 58.2 Å². The molecule has 2 aliphatic rings. The highest BCUT2D eigenvalue weighted by atomic mass is 16.2. The molecule has 0 heterocycles. The maximum absolute atomic E-state index is 11.4. The summed E-state index contributed by atoms with van der Waals surface area (Å²) in [5, 5.41) is 6.13. The molecule has 18 heavy (non-hydrogen) atoms. The van der Waals surface area contributed by atoms with Crippen LogP contribution in [0.1, 0.15) is 47.5 Å². The zero-order valence-corrected chi connectivity index (χ0v) is 12.0. The summed E-state index contributed by atoms with van der Waals surface area (Å²) in [7, 11) is 0. The molecule has 0 unspecified atom stereocenters. The second-order valence-corrected chi connectivity index (χ2v) is 6.69. The Kier molecular flexibility index (Phi) is 2.95. The van der Waals surface area contributed by atoms with Crippen molar-refractivity contribution in [1.29, 1.82) is 0 Å². The smallest absolute Gasteiger partial charge is 0.217 e. The first kappa shape index (κ1) is 13.4. The van der Waals surface area contributed by atoms with Gasteiger partial charge >= 0.3 is 0 Å². The van der Waals surface area contributed by atoms with Gasteiger partial charge in [-0.2, -0.15) is 0 Å². The standard InChI is InChI=1S/C14H24N2O2/c1-8(17)15-11-10-6-7-14(5,13(10,3)4)12(11)16-9(2)18/h10-12H,6-7H2,1-5H3,(H,15,17)(H,16,18)/t10-,11-,12+,14+/m1/s1. The molecule has 0 radical (unpaired) electrons. The molecule has 0 aliphatic heterocycles. The molecule has 0 spiro atoms. The largest absolute Gasteiger partial charge is 0.351 e. The fourth-order valence-electron chi connectivity index (χ4n) is 4.26. The van der Waals surface area contributed by atoms with Crippen molar-refractivity contribution in [2.75, 3.05) is 0 Å². The van der Waals surface area contributed by atoms with Crippen molar-refractivity contribution in [3.63, 3.8) is 0 Å². The quantitative estimate of drug-likeness (QED) is 0.781. The first-order chi connectivity index (χ1) is 8.20. The number of carbonyl (C=O) groups excluding carboxylic acids is 2. The molecule has 2 amide bonds. The monoisotopic (exact) mass is 252 g/mol. The van der Waals surface area contributed by atoms with Crippen molar-refractivity contribution in [3.8, 4) is 0 Å². The molecule has 0 aromatic heterocycles. The van der Waals surface area contributed by atoms with E-state index in [1.54, 1.807) is 13.8 Å². The molecular formula is C14H24N2O2. The van der Waals surface area contributed by atoms with Crippen LogP contribution < -0.4 is 10.6 Å². The van der Waals surface area contributed by atoms with Crippen LogP contribution in [0.25, 0.3) is 0 Å². The van der Waals surface area contributed by atoms with Gasteiger partial charge in [-0.1, -0.05) is 20.8 Å². The van der Waals surface area contributed by atoms with Crippen LogP contribution in [0.3, 0.4) is 0 Å². The number of rotatable bonds is 2. The van der Waals surface area contributed by atoms with E-state index >= 15 is 0 Å². The highest BCUT2D eigenvalue weighted by Crippen LogP contribution is 2.65. The molecule has 2 aliphatic carbocycles. The molecule has 2 fully saturated rings. The van der Waals surface area contributed by atoms with Crippen molar-refractivity contribution in [2.45, 2.75) is 59.5 Å². The fourth-order valence-corrected chi connectivity index (χ4v) is 4.26. The maximum Gasteiger partial charge on any atom is 0.217 e. The van der Waals surface area contributed by atoms with Crippen LogP contribution in [0.15, 0.2) is 0 Å². The lowest BCUT2D eigenvalue weighted by Gasteiger charge is -2.40. The summed E-state index contributed by atoms with van der Waals surface area (Å²) in [4.78, 5) is 22.8. The zero-order valence-electron chi connectivity index (χ0n) is 12.0. The molecule has 2 saturated carbocycles. The van der Waals surface area contributed by atoms with Gasteiger partial charge in [-0.05, 0) is 29.6 Å². The van der Waals surface area contributed by atoms with Gasteiger partial charge in [-0.3, -0.25) is 9.59 Å². The summed E-state index contributed by atoms with van der Waals surface area (Å²) >= 11 is 0. The first-order valence-corrected chi connectivity index (χ1v) is 6.74. The number of fused-ring (bicyclic) bond motifs is 2. The van der Waals surface area contributed by atoms with Crippen LogP contribution in [0.2, 0.25) is 0 Å². The highest BCUT2D eigenvalue weighted by molar-refractivity contribution is 5.75. The van der Waals surface area contributed by atoms with Gasteiger partial charge in [0, 0.05) is 13.8 Å². The summed E-state index contributed by atoms with van der Waals surface area (Å²) in [6, 6.07) is 0.118. The van der Waals surface area contributed by atoms with Gasteiger partial charge in [0.25, 0.3) is 0 Å². The minimum Gasteiger partial charge on any atom is -0.351 e. The van der Waals surface area contributed by atoms with Gasteiger partial charge in [0.2, 0.25) is 11.8 Å². The van der Waals surface area contributed by atoms with E-state index in [0.717, 1.165) is 12.8 Å². The molecule has 0 aromatic rings. The molecule has 4 atom stereocenters. The number of hydrogen-bond acceptors (Lipinski definition) is 2. The van der Waals surface area contributed by atoms with Crippen molar-refractivity contribution < 1.29 is 9.59 Å². The lowest BCUT2D eigenvalue weighted by atomic mass is 9.69. The third-order valence-corrected chi connectivity index (χ3v) is 5.58. The SMILES string of the molecule is CC(=O)N[C@@H]1[C@H]2CC[C@@](C)([C@H]1NC(C)=O)C2(C)C. The predicted octanol–water partition coefficient (Wildman–Crippen LogP) is 1.45. The summed E-state index contributed by atoms with van der Waals surface area (Å²) in [5.41, 5.74) is 0.212. The molecule has 102 valence electrons. The number of amides is 2. The Labute approximate surface area is 109 Å². The minimum absolute atomic E-state index is 0.0118. The summed E-state index contributed by atoms with van der Waals surface area (Å²) in [5.74, 6) is 0.422. The Morgan fingerprint density at radius 3 is 2.11 bits per heavy atom. The normalized spacial score (nSPS) is 40.6. The maximum atomic E-state index is 11.4. The van der Waals surface area contributed by atoms with Gasteiger partial charge in [-0.25, -0.2) is 0 Å². The van der Waals surface area contributed by atoms with Gasteiger partial charge in [0.05, 0.1) is 12.1 Å². The average Bonchev–Trinajstić information content (AvgIpc) is 2.50. The highest BCUT2D eigenvalue weighted by Gasteiger charge is 2.66. The number of hydrogen-bond donors (Lipinski definition) is 2. The number of carbonyl (C=O) groups is 2. The van der Waals surface area contributed by atoms with Crippen LogP contribution in [-0.2, 0) is 9.59 Å². The molecule has 2 rings (SSSR count). The van der Waals surface area contributed by atoms with E-state index in [2.05, 4.69) is 31.4 Å². The van der Waals surface area contributed by atoms with E-state index in [1.807, 2.05) is 0 Å². The Balaban J connectivity index is 2.34. The molecule has 4 nitrogen and oxygen atoms in total. The molecule has 2 bridgehead atoms. The van der Waals surface area contributed by atoms with Gasteiger partial charge < -0.3 is 10.6 Å². The van der Waals surface area contributed by atoms with E-state index in [4.69, 9.17) is 0 Å². The molecule has 2 N–H and O–H groups in total. The van der Waals surface area contributed by atoms with Crippen molar-refractivity contribution >= 4 is 11.8 Å². The van der Waals surface area contributed by atoms with Gasteiger partial charge in [0.1, 0.15) is 0 Å². The lowest BCUT2D eigenvalue weighted by Crippen LogP contribution is -2.56. The van der Waals surface area contributed by atoms with Gasteiger partial charge in [-0.15, -0.1) is 0 Å². The summed E-state index contributed by atoms with van der Waals surface area (Å²) in [6.45, 7) is 9.87. The molecule has 0 saturated heterocycles. The molecule has 0 aromatic carbocycles. The second-order valence-electron chi connectivity index (χ2n) is 6.69. The van der Waals surface area contributed by atoms with Crippen LogP contribution >= 0.6 is 0 Å². The third kappa shape index (κ3) is 1.65. The van der Waals surface area contributed by atoms with E-state index in [-0.39, 0.29) is 34.7 Å². The summed E-state index contributed by atoms with van der Waals surface area (Å²) < 4.78 is 0. The zero-order chi connectivity index (χ0) is 13.7. The van der Waals surface area contributed by atoms with Crippen LogP contribution in [0.5, 0.6) is 0 Å². The van der Waals surface area contributed by atoms with Crippen LogP contribution in [0, 0.1) is 16.7 Å². The average molecular weight is 252 g/mol. The third-order valence-electron chi connectivity index (χ3n) is 5.58. The first-order valence-electron chi connectivity index (χ1n) is 6.74. The number of nitrogens with one attached hydrogen (secondary N) is 2.